The number of hydrogen-bond donors (Lipinski definition) is 1. The Labute approximate surface area is 77.8 Å². The van der Waals surface area contributed by atoms with E-state index >= 15 is 0 Å². The van der Waals surface area contributed by atoms with Gasteiger partial charge in [0, 0.05) is 6.20 Å². The molecular formula is C10H14N2O. The van der Waals surface area contributed by atoms with Crippen LogP contribution in [0.25, 0.3) is 0 Å². The molecule has 0 radical (unpaired) electrons. The maximum atomic E-state index is 5.33. The largest absolute Gasteiger partial charge is 0.392 e. The van der Waals surface area contributed by atoms with Crippen LogP contribution >= 0.6 is 0 Å². The van der Waals surface area contributed by atoms with Gasteiger partial charge in [0.05, 0.1) is 5.69 Å². The highest BCUT2D eigenvalue weighted by atomic mass is 16.6. The van der Waals surface area contributed by atoms with Crippen molar-refractivity contribution >= 4 is 5.71 Å². The molecular weight excluding hydrogens is 164 g/mol. The number of H-pyrrole nitrogens is 1. The minimum absolute atomic E-state index is 0.366. The molecule has 0 amide bonds. The molecule has 0 spiro atoms. The van der Waals surface area contributed by atoms with Crippen molar-refractivity contribution in [3.8, 4) is 0 Å². The lowest BCUT2D eigenvalue weighted by Gasteiger charge is -2.22. The second-order valence-electron chi connectivity index (χ2n) is 3.42. The van der Waals surface area contributed by atoms with Crippen LogP contribution in [0.5, 0.6) is 0 Å². The highest BCUT2D eigenvalue weighted by Gasteiger charge is 2.18. The fourth-order valence-electron chi connectivity index (χ4n) is 1.23. The Balaban J connectivity index is 1.91. The molecule has 70 valence electrons. The monoisotopic (exact) mass is 178 g/mol. The van der Waals surface area contributed by atoms with Crippen LogP contribution in [0.3, 0.4) is 0 Å². The van der Waals surface area contributed by atoms with Gasteiger partial charge >= 0.3 is 0 Å². The van der Waals surface area contributed by atoms with Crippen molar-refractivity contribution in [3.63, 3.8) is 0 Å². The Morgan fingerprint density at radius 2 is 2.46 bits per heavy atom. The first-order chi connectivity index (χ1) is 6.36. The van der Waals surface area contributed by atoms with Crippen LogP contribution in [0, 0.1) is 0 Å². The maximum absolute atomic E-state index is 5.33. The van der Waals surface area contributed by atoms with Gasteiger partial charge in [0.2, 0.25) is 0 Å². The molecule has 1 N–H and O–H groups in total. The number of nitrogens with one attached hydrogen (secondary N) is 1. The lowest BCUT2D eigenvalue weighted by atomic mass is 9.97. The molecule has 3 heteroatoms. The molecule has 3 nitrogen and oxygen atoms in total. The average molecular weight is 178 g/mol. The summed E-state index contributed by atoms with van der Waals surface area (Å²) in [6, 6.07) is 3.95. The van der Waals surface area contributed by atoms with E-state index in [0.717, 1.165) is 24.2 Å². The minimum atomic E-state index is 0.366. The third kappa shape index (κ3) is 1.91. The smallest absolute Gasteiger partial charge is 0.127 e. The van der Waals surface area contributed by atoms with Crippen LogP contribution in [0.2, 0.25) is 0 Å². The normalized spacial score (nSPS) is 18.4. The van der Waals surface area contributed by atoms with E-state index in [0.29, 0.717) is 6.10 Å². The van der Waals surface area contributed by atoms with Gasteiger partial charge in [-0.3, -0.25) is 0 Å². The summed E-state index contributed by atoms with van der Waals surface area (Å²) in [5.41, 5.74) is 1.94. The van der Waals surface area contributed by atoms with E-state index in [4.69, 9.17) is 4.84 Å². The molecule has 0 saturated heterocycles. The molecule has 1 fully saturated rings. The Hall–Kier alpha value is -1.25. The first-order valence-corrected chi connectivity index (χ1v) is 4.70. The van der Waals surface area contributed by atoms with Crippen LogP contribution in [0.15, 0.2) is 23.5 Å². The summed E-state index contributed by atoms with van der Waals surface area (Å²) in [6.07, 6.45) is 5.84. The van der Waals surface area contributed by atoms with Crippen molar-refractivity contribution < 1.29 is 4.84 Å². The molecule has 0 unspecified atom stereocenters. The molecule has 1 heterocycles. The van der Waals surface area contributed by atoms with Gasteiger partial charge in [0.25, 0.3) is 0 Å². The fourth-order valence-corrected chi connectivity index (χ4v) is 1.23. The van der Waals surface area contributed by atoms with Gasteiger partial charge in [-0.2, -0.15) is 0 Å². The van der Waals surface area contributed by atoms with Crippen molar-refractivity contribution in [2.75, 3.05) is 0 Å². The van der Waals surface area contributed by atoms with E-state index in [1.54, 1.807) is 0 Å². The van der Waals surface area contributed by atoms with Crippen molar-refractivity contribution in [2.45, 2.75) is 32.3 Å². The van der Waals surface area contributed by atoms with E-state index < -0.39 is 0 Å². The summed E-state index contributed by atoms with van der Waals surface area (Å²) in [6.45, 7) is 1.95. The van der Waals surface area contributed by atoms with Gasteiger partial charge in [-0.15, -0.1) is 0 Å². The Kier molecular flexibility index (Phi) is 2.34. The van der Waals surface area contributed by atoms with E-state index in [2.05, 4.69) is 10.1 Å². The standard InChI is InChI=1S/C10H14N2O/c1-8(10-6-3-7-11-10)12-13-9-4-2-5-9/h3,6-7,9,11H,2,4-5H2,1H3/b12-8-. The minimum Gasteiger partial charge on any atom is -0.392 e. The Morgan fingerprint density at radius 1 is 1.62 bits per heavy atom. The third-order valence-electron chi connectivity index (χ3n) is 2.38. The molecule has 1 aromatic rings. The molecule has 1 saturated carbocycles. The highest BCUT2D eigenvalue weighted by Crippen LogP contribution is 2.22. The van der Waals surface area contributed by atoms with Gasteiger partial charge in [0.15, 0.2) is 0 Å². The fraction of sp³-hybridized carbons (Fsp3) is 0.500. The average Bonchev–Trinajstić information content (AvgIpc) is 2.52. The summed E-state index contributed by atoms with van der Waals surface area (Å²) in [5.74, 6) is 0. The molecule has 0 aromatic carbocycles. The number of oxime groups is 1. The molecule has 2 rings (SSSR count). The summed E-state index contributed by atoms with van der Waals surface area (Å²) >= 11 is 0. The van der Waals surface area contributed by atoms with Crippen molar-refractivity contribution in [2.24, 2.45) is 5.16 Å². The first kappa shape index (κ1) is 8.35. The SMILES string of the molecule is C/C(=N/OC1CCC1)c1ccc[nH]1. The quantitative estimate of drug-likeness (QED) is 0.559. The number of aromatic amines is 1. The zero-order valence-corrected chi connectivity index (χ0v) is 7.79. The molecule has 0 aliphatic heterocycles. The first-order valence-electron chi connectivity index (χ1n) is 4.70. The van der Waals surface area contributed by atoms with Crippen molar-refractivity contribution in [1.29, 1.82) is 0 Å². The lowest BCUT2D eigenvalue weighted by molar-refractivity contribution is 0.00602. The zero-order chi connectivity index (χ0) is 9.10. The van der Waals surface area contributed by atoms with Crippen LogP contribution in [0.1, 0.15) is 31.9 Å². The van der Waals surface area contributed by atoms with E-state index in [1.165, 1.54) is 6.42 Å². The van der Waals surface area contributed by atoms with Crippen LogP contribution in [0.4, 0.5) is 0 Å². The molecule has 1 aliphatic carbocycles. The van der Waals surface area contributed by atoms with Crippen LogP contribution < -0.4 is 0 Å². The Morgan fingerprint density at radius 3 is 3.00 bits per heavy atom. The Bertz CT molecular complexity index is 286. The summed E-state index contributed by atoms with van der Waals surface area (Å²) in [5, 5.41) is 4.07. The molecule has 1 aromatic heterocycles. The predicted octanol–water partition coefficient (Wildman–Crippen LogP) is 2.31. The van der Waals surface area contributed by atoms with Gasteiger partial charge in [-0.05, 0) is 38.3 Å². The predicted molar refractivity (Wildman–Crippen MR) is 51.7 cm³/mol. The van der Waals surface area contributed by atoms with Crippen LogP contribution in [-0.4, -0.2) is 16.8 Å². The van der Waals surface area contributed by atoms with E-state index in [1.807, 2.05) is 25.3 Å². The molecule has 0 atom stereocenters. The number of hydrogen-bond acceptors (Lipinski definition) is 2. The van der Waals surface area contributed by atoms with Gasteiger partial charge in [0.1, 0.15) is 11.8 Å². The number of aromatic nitrogens is 1. The molecule has 13 heavy (non-hydrogen) atoms. The lowest BCUT2D eigenvalue weighted by Crippen LogP contribution is -2.19. The molecule has 0 bridgehead atoms. The zero-order valence-electron chi connectivity index (χ0n) is 7.79. The second kappa shape index (κ2) is 3.64. The number of rotatable bonds is 3. The van der Waals surface area contributed by atoms with Crippen molar-refractivity contribution in [1.82, 2.24) is 4.98 Å². The van der Waals surface area contributed by atoms with Gasteiger partial charge in [-0.1, -0.05) is 5.16 Å². The van der Waals surface area contributed by atoms with Gasteiger partial charge < -0.3 is 9.82 Å². The number of nitrogens with zero attached hydrogens (tertiary/aromatic N) is 1. The second-order valence-corrected chi connectivity index (χ2v) is 3.42. The third-order valence-corrected chi connectivity index (χ3v) is 2.38. The summed E-state index contributed by atoms with van der Waals surface area (Å²) in [7, 11) is 0. The summed E-state index contributed by atoms with van der Waals surface area (Å²) < 4.78 is 0. The molecule has 1 aliphatic rings. The summed E-state index contributed by atoms with van der Waals surface area (Å²) in [4.78, 5) is 8.42. The van der Waals surface area contributed by atoms with Crippen molar-refractivity contribution in [3.05, 3.63) is 24.0 Å². The topological polar surface area (TPSA) is 37.4 Å². The van der Waals surface area contributed by atoms with Gasteiger partial charge in [-0.25, -0.2) is 0 Å². The van der Waals surface area contributed by atoms with E-state index in [-0.39, 0.29) is 0 Å². The van der Waals surface area contributed by atoms with E-state index in [9.17, 15) is 0 Å². The maximum Gasteiger partial charge on any atom is 0.127 e. The van der Waals surface area contributed by atoms with Crippen LogP contribution in [-0.2, 0) is 4.84 Å². The highest BCUT2D eigenvalue weighted by molar-refractivity contribution is 5.96.